The first kappa shape index (κ1) is 18.9. The van der Waals surface area contributed by atoms with Gasteiger partial charge in [-0.1, -0.05) is 30.7 Å². The van der Waals surface area contributed by atoms with Crippen LogP contribution in [0.1, 0.15) is 37.6 Å². The number of rotatable bonds is 5. The second-order valence-electron chi connectivity index (χ2n) is 6.66. The first-order valence-electron chi connectivity index (χ1n) is 9.01. The van der Waals surface area contributed by atoms with E-state index in [0.29, 0.717) is 28.2 Å². The van der Waals surface area contributed by atoms with Gasteiger partial charge in [-0.2, -0.15) is 5.26 Å². The number of nitrogens with one attached hydrogen (secondary N) is 1. The minimum atomic E-state index is 0.153. The highest BCUT2D eigenvalue weighted by Gasteiger charge is 2.27. The Labute approximate surface area is 163 Å². The predicted molar refractivity (Wildman–Crippen MR) is 106 cm³/mol. The van der Waals surface area contributed by atoms with Crippen molar-refractivity contribution in [3.8, 4) is 17.3 Å². The third kappa shape index (κ3) is 4.27. The Hall–Kier alpha value is -1.87. The van der Waals surface area contributed by atoms with Gasteiger partial charge in [0.1, 0.15) is 23.2 Å². The zero-order valence-corrected chi connectivity index (χ0v) is 16.4. The first-order chi connectivity index (χ1) is 12.6. The molecule has 0 spiro atoms. The fourth-order valence-electron chi connectivity index (χ4n) is 3.56. The zero-order chi connectivity index (χ0) is 18.5. The standard InChI is InChI=1S/C20H22ClN3OS/c1-2-16-5-3-4-10-24(16)12-19(25)17(11-22)20-23-18(13-26-20)14-6-8-15(21)9-7-14/h6-9,13,16,25H,2-5,10,12H2,1H3/p+1/b19-17-/t16-/m0/s1. The third-order valence-electron chi connectivity index (χ3n) is 5.02. The number of hydrogen-bond donors (Lipinski definition) is 2. The van der Waals surface area contributed by atoms with Crippen molar-refractivity contribution in [3.63, 3.8) is 0 Å². The molecule has 0 amide bonds. The Balaban J connectivity index is 1.82. The summed E-state index contributed by atoms with van der Waals surface area (Å²) in [5.41, 5.74) is 2.03. The molecule has 0 radical (unpaired) electrons. The minimum Gasteiger partial charge on any atom is -0.506 e. The maximum absolute atomic E-state index is 10.6. The summed E-state index contributed by atoms with van der Waals surface area (Å²) in [4.78, 5) is 5.93. The molecule has 1 aromatic carbocycles. The lowest BCUT2D eigenvalue weighted by atomic mass is 10.00. The van der Waals surface area contributed by atoms with Crippen LogP contribution in [0.25, 0.3) is 16.8 Å². The number of halogens is 1. The lowest BCUT2D eigenvalue weighted by molar-refractivity contribution is -0.927. The smallest absolute Gasteiger partial charge is 0.168 e. The predicted octanol–water partition coefficient (Wildman–Crippen LogP) is 4.10. The molecule has 0 aliphatic carbocycles. The molecule has 136 valence electrons. The monoisotopic (exact) mass is 388 g/mol. The summed E-state index contributed by atoms with van der Waals surface area (Å²) in [5, 5.41) is 23.4. The Morgan fingerprint density at radius 1 is 1.38 bits per heavy atom. The number of allylic oxidation sites excluding steroid dienone is 1. The highest BCUT2D eigenvalue weighted by molar-refractivity contribution is 7.11. The minimum absolute atomic E-state index is 0.153. The Bertz CT molecular complexity index is 822. The van der Waals surface area contributed by atoms with Crippen LogP contribution in [-0.4, -0.2) is 29.2 Å². The van der Waals surface area contributed by atoms with E-state index in [1.54, 1.807) is 0 Å². The van der Waals surface area contributed by atoms with Gasteiger partial charge in [-0.05, 0) is 37.8 Å². The van der Waals surface area contributed by atoms with E-state index in [0.717, 1.165) is 24.2 Å². The summed E-state index contributed by atoms with van der Waals surface area (Å²) in [5.74, 6) is 0.153. The van der Waals surface area contributed by atoms with Gasteiger partial charge in [0.2, 0.25) is 0 Å². The second kappa shape index (κ2) is 8.68. The Morgan fingerprint density at radius 3 is 2.85 bits per heavy atom. The number of benzene rings is 1. The van der Waals surface area contributed by atoms with Gasteiger partial charge in [-0.3, -0.25) is 0 Å². The summed E-state index contributed by atoms with van der Waals surface area (Å²) in [6, 6.07) is 10.2. The van der Waals surface area contributed by atoms with Crippen molar-refractivity contribution >= 4 is 28.5 Å². The number of hydrogen-bond acceptors (Lipinski definition) is 4. The van der Waals surface area contributed by atoms with E-state index in [4.69, 9.17) is 11.6 Å². The quantitative estimate of drug-likeness (QED) is 0.598. The van der Waals surface area contributed by atoms with E-state index in [9.17, 15) is 10.4 Å². The van der Waals surface area contributed by atoms with Gasteiger partial charge in [-0.15, -0.1) is 11.3 Å². The second-order valence-corrected chi connectivity index (χ2v) is 7.96. The molecule has 1 unspecified atom stereocenters. The van der Waals surface area contributed by atoms with Gasteiger partial charge in [0.25, 0.3) is 0 Å². The summed E-state index contributed by atoms with van der Waals surface area (Å²) in [7, 11) is 0. The van der Waals surface area contributed by atoms with Gasteiger partial charge in [0.15, 0.2) is 5.76 Å². The van der Waals surface area contributed by atoms with Crippen molar-refractivity contribution < 1.29 is 10.0 Å². The fraction of sp³-hybridized carbons (Fsp3) is 0.400. The van der Waals surface area contributed by atoms with Crippen molar-refractivity contribution in [2.75, 3.05) is 13.1 Å². The van der Waals surface area contributed by atoms with Gasteiger partial charge in [-0.25, -0.2) is 4.98 Å². The van der Waals surface area contributed by atoms with E-state index in [1.807, 2.05) is 29.6 Å². The molecule has 1 saturated heterocycles. The van der Waals surface area contributed by atoms with Crippen LogP contribution in [0.5, 0.6) is 0 Å². The van der Waals surface area contributed by atoms with Crippen LogP contribution in [0, 0.1) is 11.3 Å². The molecular weight excluding hydrogens is 366 g/mol. The molecule has 0 bridgehead atoms. The number of likely N-dealkylation sites (tertiary alicyclic amines) is 1. The molecule has 1 aromatic heterocycles. The summed E-state index contributed by atoms with van der Waals surface area (Å²) >= 11 is 7.32. The molecule has 1 aliphatic heterocycles. The van der Waals surface area contributed by atoms with Crippen molar-refractivity contribution in [3.05, 3.63) is 45.4 Å². The van der Waals surface area contributed by atoms with E-state index >= 15 is 0 Å². The number of quaternary nitrogens is 1. The highest BCUT2D eigenvalue weighted by atomic mass is 35.5. The molecule has 2 N–H and O–H groups in total. The van der Waals surface area contributed by atoms with E-state index in [1.165, 1.54) is 35.5 Å². The number of nitrogens with zero attached hydrogens (tertiary/aromatic N) is 2. The van der Waals surface area contributed by atoms with E-state index in [-0.39, 0.29) is 5.76 Å². The largest absolute Gasteiger partial charge is 0.506 e. The van der Waals surface area contributed by atoms with Crippen LogP contribution in [0.15, 0.2) is 35.4 Å². The SMILES string of the molecule is CC[C@H]1CCCC[NH+]1C/C(O)=C(\C#N)c1nc(-c2ccc(Cl)cc2)cs1. The topological polar surface area (TPSA) is 61.4 Å². The maximum Gasteiger partial charge on any atom is 0.168 e. The van der Waals surface area contributed by atoms with Gasteiger partial charge in [0.05, 0.1) is 18.3 Å². The fourth-order valence-corrected chi connectivity index (χ4v) is 4.53. The first-order valence-corrected chi connectivity index (χ1v) is 10.3. The van der Waals surface area contributed by atoms with Crippen molar-refractivity contribution in [2.45, 2.75) is 38.6 Å². The number of aliphatic hydroxyl groups is 1. The molecule has 0 saturated carbocycles. The Morgan fingerprint density at radius 2 is 2.15 bits per heavy atom. The van der Waals surface area contributed by atoms with Gasteiger partial charge >= 0.3 is 0 Å². The molecule has 1 fully saturated rings. The normalized spacial score (nSPS) is 21.1. The third-order valence-corrected chi connectivity index (χ3v) is 6.14. The molecule has 4 nitrogen and oxygen atoms in total. The van der Waals surface area contributed by atoms with Crippen molar-refractivity contribution in [1.29, 1.82) is 5.26 Å². The maximum atomic E-state index is 10.6. The molecule has 2 aromatic rings. The van der Waals surface area contributed by atoms with Crippen LogP contribution in [0.2, 0.25) is 5.02 Å². The molecule has 2 heterocycles. The zero-order valence-electron chi connectivity index (χ0n) is 14.8. The lowest BCUT2D eigenvalue weighted by Crippen LogP contribution is -3.16. The van der Waals surface area contributed by atoms with Crippen LogP contribution in [-0.2, 0) is 0 Å². The highest BCUT2D eigenvalue weighted by Crippen LogP contribution is 2.27. The molecule has 1 aliphatic rings. The van der Waals surface area contributed by atoms with Gasteiger partial charge < -0.3 is 10.0 Å². The molecular formula is C20H23ClN3OS+. The van der Waals surface area contributed by atoms with Crippen LogP contribution in [0.3, 0.4) is 0 Å². The average Bonchev–Trinajstić information content (AvgIpc) is 3.13. The van der Waals surface area contributed by atoms with Crippen LogP contribution >= 0.6 is 22.9 Å². The number of thiazole rings is 1. The molecule has 2 atom stereocenters. The van der Waals surface area contributed by atoms with Crippen molar-refractivity contribution in [1.82, 2.24) is 4.98 Å². The number of piperidine rings is 1. The lowest BCUT2D eigenvalue weighted by Gasteiger charge is -2.31. The average molecular weight is 389 g/mol. The molecule has 26 heavy (non-hydrogen) atoms. The number of nitriles is 1. The number of aromatic nitrogens is 1. The molecule has 6 heteroatoms. The number of aliphatic hydroxyl groups excluding tert-OH is 1. The van der Waals surface area contributed by atoms with Gasteiger partial charge in [0, 0.05) is 16.0 Å². The summed E-state index contributed by atoms with van der Waals surface area (Å²) in [6.07, 6.45) is 4.73. The van der Waals surface area contributed by atoms with Crippen LogP contribution < -0.4 is 4.90 Å². The Kier molecular flexibility index (Phi) is 6.31. The molecule has 3 rings (SSSR count). The summed E-state index contributed by atoms with van der Waals surface area (Å²) in [6.45, 7) is 3.74. The van der Waals surface area contributed by atoms with Crippen molar-refractivity contribution in [2.24, 2.45) is 0 Å². The van der Waals surface area contributed by atoms with E-state index < -0.39 is 0 Å². The summed E-state index contributed by atoms with van der Waals surface area (Å²) < 4.78 is 0. The van der Waals surface area contributed by atoms with E-state index in [2.05, 4.69) is 18.0 Å². The van der Waals surface area contributed by atoms with Crippen LogP contribution in [0.4, 0.5) is 0 Å².